The van der Waals surface area contributed by atoms with Crippen molar-refractivity contribution in [3.05, 3.63) is 76.9 Å². The fraction of sp³-hybridized carbons (Fsp3) is 0.190. The van der Waals surface area contributed by atoms with Crippen LogP contribution < -0.4 is 4.84 Å². The molecule has 0 aliphatic rings. The molecule has 4 aromatic rings. The van der Waals surface area contributed by atoms with Gasteiger partial charge in [0.25, 0.3) is 0 Å². The smallest absolute Gasteiger partial charge is 0.387 e. The number of alkyl halides is 3. The maximum Gasteiger partial charge on any atom is 0.416 e. The molecule has 0 radical (unpaired) electrons. The summed E-state index contributed by atoms with van der Waals surface area (Å²) in [6, 6.07) is 10.5. The predicted octanol–water partition coefficient (Wildman–Crippen LogP) is 4.31. The van der Waals surface area contributed by atoms with Crippen molar-refractivity contribution in [1.29, 1.82) is 0 Å². The number of rotatable bonds is 5. The fourth-order valence-electron chi connectivity index (χ4n) is 3.40. The van der Waals surface area contributed by atoms with Crippen LogP contribution in [0.15, 0.2) is 48.5 Å². The number of aromatic nitrogens is 4. The third-order valence-electron chi connectivity index (χ3n) is 4.88. The predicted molar refractivity (Wildman–Crippen MR) is 104 cm³/mol. The second-order valence-electron chi connectivity index (χ2n) is 6.96. The molecule has 0 atom stereocenters. The summed E-state index contributed by atoms with van der Waals surface area (Å²) in [5, 5.41) is 7.42. The van der Waals surface area contributed by atoms with E-state index >= 15 is 0 Å². The molecule has 2 aromatic carbocycles. The molecule has 2 heterocycles. The minimum absolute atomic E-state index is 0.000546. The Morgan fingerprint density at radius 3 is 2.45 bits per heavy atom. The van der Waals surface area contributed by atoms with Crippen LogP contribution in [-0.2, 0) is 6.18 Å². The van der Waals surface area contributed by atoms with Gasteiger partial charge in [-0.05, 0) is 67.6 Å². The van der Waals surface area contributed by atoms with Gasteiger partial charge in [-0.2, -0.15) is 13.2 Å². The Kier molecular flexibility index (Phi) is 5.00. The number of carbonyl (C=O) groups excluding carboxylic acids is 1. The van der Waals surface area contributed by atoms with Crippen molar-refractivity contribution in [2.45, 2.75) is 20.0 Å². The van der Waals surface area contributed by atoms with Gasteiger partial charge in [-0.3, -0.25) is 4.79 Å². The molecule has 0 unspecified atom stereocenters. The number of nitrogens with zero attached hydrogens (tertiary/aromatic N) is 4. The van der Waals surface area contributed by atoms with Gasteiger partial charge >= 0.3 is 6.18 Å². The van der Waals surface area contributed by atoms with Crippen molar-refractivity contribution in [1.82, 2.24) is 19.7 Å². The summed E-state index contributed by atoms with van der Waals surface area (Å²) in [6.07, 6.45) is -4.53. The Bertz CT molecular complexity index is 1270. The molecule has 0 saturated heterocycles. The zero-order valence-corrected chi connectivity index (χ0v) is 16.4. The van der Waals surface area contributed by atoms with E-state index in [1.54, 1.807) is 36.6 Å². The third-order valence-corrected chi connectivity index (χ3v) is 4.88. The summed E-state index contributed by atoms with van der Waals surface area (Å²) in [5.41, 5.74) is 1.78. The lowest BCUT2D eigenvalue weighted by Crippen LogP contribution is -2.21. The second kappa shape index (κ2) is 7.53. The molecule has 10 heteroatoms. The van der Waals surface area contributed by atoms with E-state index in [1.807, 2.05) is 0 Å². The van der Waals surface area contributed by atoms with Crippen LogP contribution >= 0.6 is 0 Å². The topological polar surface area (TPSA) is 61.9 Å². The zero-order chi connectivity index (χ0) is 22.3. The Hall–Kier alpha value is -3.69. The lowest BCUT2D eigenvalue weighted by Gasteiger charge is -2.10. The van der Waals surface area contributed by atoms with Gasteiger partial charge < -0.3 is 9.40 Å². The molecule has 0 saturated carbocycles. The highest BCUT2D eigenvalue weighted by molar-refractivity contribution is 5.98. The van der Waals surface area contributed by atoms with Crippen molar-refractivity contribution in [3.8, 4) is 5.69 Å². The van der Waals surface area contributed by atoms with E-state index in [4.69, 9.17) is 4.84 Å². The quantitative estimate of drug-likeness (QED) is 0.348. The van der Waals surface area contributed by atoms with Gasteiger partial charge in [0.2, 0.25) is 5.78 Å². The molecule has 0 aliphatic heterocycles. The highest BCUT2D eigenvalue weighted by atomic mass is 19.4. The number of Topliss-reactive ketones (excluding diaryl/α,β-unsaturated/α-hetero) is 1. The lowest BCUT2D eigenvalue weighted by atomic mass is 10.1. The SMILES string of the molecule is Cc1cc(C(=O)COn2nnc3ccc(C(F)(F)F)cc32)c(C)n1-c1ccc(F)cc1. The Labute approximate surface area is 173 Å². The highest BCUT2D eigenvalue weighted by Gasteiger charge is 2.31. The van der Waals surface area contributed by atoms with Crippen LogP contribution in [0, 0.1) is 19.7 Å². The van der Waals surface area contributed by atoms with E-state index in [9.17, 15) is 22.4 Å². The number of aryl methyl sites for hydroxylation is 1. The average molecular weight is 432 g/mol. The molecule has 6 nitrogen and oxygen atoms in total. The van der Waals surface area contributed by atoms with Crippen molar-refractivity contribution in [3.63, 3.8) is 0 Å². The molecular weight excluding hydrogens is 416 g/mol. The number of ketones is 1. The van der Waals surface area contributed by atoms with Gasteiger partial charge in [0, 0.05) is 22.6 Å². The van der Waals surface area contributed by atoms with Gasteiger partial charge in [-0.15, -0.1) is 5.10 Å². The molecular formula is C21H16F4N4O2. The van der Waals surface area contributed by atoms with Crippen LogP contribution in [0.25, 0.3) is 16.7 Å². The summed E-state index contributed by atoms with van der Waals surface area (Å²) >= 11 is 0. The minimum atomic E-state index is -4.53. The van der Waals surface area contributed by atoms with E-state index in [2.05, 4.69) is 10.3 Å². The first-order valence-corrected chi connectivity index (χ1v) is 9.19. The van der Waals surface area contributed by atoms with E-state index in [-0.39, 0.29) is 16.9 Å². The maximum atomic E-state index is 13.2. The molecule has 4 rings (SSSR count). The standard InChI is InChI=1S/C21H16F4N4O2/c1-12-9-17(13(2)28(12)16-6-4-15(22)5-7-16)20(30)11-31-29-19-10-14(21(23,24)25)3-8-18(19)26-27-29/h3-10H,11H2,1-2H3. The minimum Gasteiger partial charge on any atom is -0.387 e. The first kappa shape index (κ1) is 20.6. The van der Waals surface area contributed by atoms with Crippen LogP contribution in [0.5, 0.6) is 0 Å². The van der Waals surface area contributed by atoms with Gasteiger partial charge in [0.15, 0.2) is 6.61 Å². The first-order valence-electron chi connectivity index (χ1n) is 9.19. The fourth-order valence-corrected chi connectivity index (χ4v) is 3.40. The number of hydrogen-bond donors (Lipinski definition) is 0. The third kappa shape index (κ3) is 3.88. The number of halogens is 4. The van der Waals surface area contributed by atoms with Crippen molar-refractivity contribution >= 4 is 16.8 Å². The van der Waals surface area contributed by atoms with Gasteiger partial charge in [0.05, 0.1) is 5.56 Å². The second-order valence-corrected chi connectivity index (χ2v) is 6.96. The number of hydrogen-bond acceptors (Lipinski definition) is 4. The highest BCUT2D eigenvalue weighted by Crippen LogP contribution is 2.30. The molecule has 0 amide bonds. The summed E-state index contributed by atoms with van der Waals surface area (Å²) in [6.45, 7) is 3.09. The van der Waals surface area contributed by atoms with Crippen LogP contribution in [-0.4, -0.2) is 32.1 Å². The van der Waals surface area contributed by atoms with Crippen LogP contribution in [0.2, 0.25) is 0 Å². The molecule has 0 N–H and O–H groups in total. The number of fused-ring (bicyclic) bond motifs is 1. The zero-order valence-electron chi connectivity index (χ0n) is 16.4. The van der Waals surface area contributed by atoms with Crippen LogP contribution in [0.1, 0.15) is 27.3 Å². The van der Waals surface area contributed by atoms with Crippen LogP contribution in [0.4, 0.5) is 17.6 Å². The van der Waals surface area contributed by atoms with Crippen molar-refractivity contribution in [2.75, 3.05) is 6.61 Å². The van der Waals surface area contributed by atoms with E-state index in [0.29, 0.717) is 16.9 Å². The molecule has 0 spiro atoms. The summed E-state index contributed by atoms with van der Waals surface area (Å²) in [7, 11) is 0. The normalized spacial score (nSPS) is 11.8. The van der Waals surface area contributed by atoms with E-state index < -0.39 is 24.1 Å². The first-order chi connectivity index (χ1) is 14.6. The molecule has 0 aliphatic carbocycles. The van der Waals surface area contributed by atoms with Gasteiger partial charge in [-0.1, -0.05) is 4.85 Å². The molecule has 0 fully saturated rings. The Morgan fingerprint density at radius 1 is 1.06 bits per heavy atom. The van der Waals surface area contributed by atoms with Crippen molar-refractivity contribution < 1.29 is 27.2 Å². The molecule has 31 heavy (non-hydrogen) atoms. The van der Waals surface area contributed by atoms with E-state index in [1.165, 1.54) is 18.2 Å². The van der Waals surface area contributed by atoms with Gasteiger partial charge in [-0.25, -0.2) is 4.39 Å². The largest absolute Gasteiger partial charge is 0.416 e. The van der Waals surface area contributed by atoms with Crippen LogP contribution in [0.3, 0.4) is 0 Å². The molecule has 2 aromatic heterocycles. The summed E-state index contributed by atoms with van der Waals surface area (Å²) in [5.74, 6) is -0.762. The summed E-state index contributed by atoms with van der Waals surface area (Å²) < 4.78 is 53.9. The Morgan fingerprint density at radius 2 is 1.77 bits per heavy atom. The Balaban J connectivity index is 1.57. The number of benzene rings is 2. The lowest BCUT2D eigenvalue weighted by molar-refractivity contribution is -0.137. The monoisotopic (exact) mass is 432 g/mol. The summed E-state index contributed by atoms with van der Waals surface area (Å²) in [4.78, 5) is 18.9. The average Bonchev–Trinajstić information content (AvgIpc) is 3.26. The molecule has 0 bridgehead atoms. The molecule has 160 valence electrons. The number of carbonyl (C=O) groups is 1. The van der Waals surface area contributed by atoms with Crippen molar-refractivity contribution in [2.24, 2.45) is 0 Å². The van der Waals surface area contributed by atoms with E-state index in [0.717, 1.165) is 22.7 Å². The maximum absolute atomic E-state index is 13.2. The van der Waals surface area contributed by atoms with Gasteiger partial charge in [0.1, 0.15) is 16.9 Å².